The van der Waals surface area contributed by atoms with Crippen LogP contribution >= 0.6 is 15.8 Å². The van der Waals surface area contributed by atoms with E-state index in [1.165, 1.54) is 44.9 Å². The Morgan fingerprint density at radius 3 is 1.22 bits per heavy atom. The molecule has 0 aliphatic heterocycles. The minimum absolute atomic E-state index is 0. The molecule has 0 spiro atoms. The van der Waals surface area contributed by atoms with Gasteiger partial charge in [0.15, 0.2) is 0 Å². The van der Waals surface area contributed by atoms with E-state index >= 15 is 0 Å². The Morgan fingerprint density at radius 2 is 0.865 bits per heavy atom. The van der Waals surface area contributed by atoms with Crippen LogP contribution in [0.3, 0.4) is 0 Å². The van der Waals surface area contributed by atoms with Crippen molar-refractivity contribution in [1.29, 1.82) is 0 Å². The van der Waals surface area contributed by atoms with Crippen LogP contribution in [0, 0.1) is 20.8 Å². The third kappa shape index (κ3) is 11.6. The van der Waals surface area contributed by atoms with E-state index in [0.717, 1.165) is 28.6 Å². The van der Waals surface area contributed by atoms with Crippen molar-refractivity contribution in [2.45, 2.75) is 197 Å². The predicted molar refractivity (Wildman–Crippen MR) is 174 cm³/mol. The molecule has 4 rings (SSSR count). The molecule has 4 saturated carbocycles. The van der Waals surface area contributed by atoms with E-state index in [4.69, 9.17) is 0 Å². The Hall–Kier alpha value is 1.38. The zero-order chi connectivity index (χ0) is 24.8. The van der Waals surface area contributed by atoms with E-state index < -0.39 is 0 Å². The second-order valence-corrected chi connectivity index (χ2v) is 21.8. The maximum Gasteiger partial charge on any atom is 2.00 e. The van der Waals surface area contributed by atoms with Crippen molar-refractivity contribution in [3.63, 3.8) is 0 Å². The first-order valence-electron chi connectivity index (χ1n) is 15.7. The van der Waals surface area contributed by atoms with Crippen molar-refractivity contribution < 1.29 is 17.1 Å². The standard InChI is InChI=1S/C27H52P2.C5H10.2CH3.Fe/c1-21(29(26(2,3)4)27(5,6)7)22-18-19-25(20-22)28(23-14-10-8-11-15-23)24-16-12-9-13-17-24;1-2-4-5-3-1;;;/h21-25H,8-20H2,1-7H3;1-5H2;2*1H3;/q;;2*-1;+2. The molecule has 3 heteroatoms. The summed E-state index contributed by atoms with van der Waals surface area (Å²) in [6.07, 6.45) is 27.8. The van der Waals surface area contributed by atoms with Gasteiger partial charge in [0.05, 0.1) is 0 Å². The van der Waals surface area contributed by atoms with Gasteiger partial charge in [-0.25, -0.2) is 0 Å². The van der Waals surface area contributed by atoms with Gasteiger partial charge in [-0.3, -0.25) is 0 Å². The molecule has 37 heavy (non-hydrogen) atoms. The maximum atomic E-state index is 2.67. The maximum absolute atomic E-state index is 2.67. The number of rotatable bonds is 5. The molecule has 222 valence electrons. The van der Waals surface area contributed by atoms with Crippen molar-refractivity contribution in [2.75, 3.05) is 0 Å². The molecule has 4 aliphatic carbocycles. The van der Waals surface area contributed by atoms with E-state index in [9.17, 15) is 0 Å². The van der Waals surface area contributed by atoms with Gasteiger partial charge in [-0.05, 0) is 83.8 Å². The summed E-state index contributed by atoms with van der Waals surface area (Å²) in [6.45, 7) is 17.9. The average molecular weight is 595 g/mol. The van der Waals surface area contributed by atoms with E-state index in [1.807, 2.05) is 0 Å². The van der Waals surface area contributed by atoms with Gasteiger partial charge in [0.2, 0.25) is 0 Å². The minimum Gasteiger partial charge on any atom is -0.358 e. The topological polar surface area (TPSA) is 0 Å². The molecular weight excluding hydrogens is 526 g/mol. The van der Waals surface area contributed by atoms with E-state index in [2.05, 4.69) is 48.5 Å². The van der Waals surface area contributed by atoms with Crippen LogP contribution in [0.5, 0.6) is 0 Å². The minimum atomic E-state index is 0. The third-order valence-electron chi connectivity index (χ3n) is 9.64. The van der Waals surface area contributed by atoms with Gasteiger partial charge in [-0.1, -0.05) is 135 Å². The van der Waals surface area contributed by atoms with Crippen LogP contribution in [-0.4, -0.2) is 32.9 Å². The van der Waals surface area contributed by atoms with Crippen LogP contribution in [0.2, 0.25) is 0 Å². The molecule has 0 aromatic heterocycles. The Kier molecular flexibility index (Phi) is 18.7. The zero-order valence-electron chi connectivity index (χ0n) is 26.9. The van der Waals surface area contributed by atoms with E-state index in [1.54, 1.807) is 70.6 Å². The fourth-order valence-corrected chi connectivity index (χ4v) is 18.5. The predicted octanol–water partition coefficient (Wildman–Crippen LogP) is 12.6. The van der Waals surface area contributed by atoms with Crippen molar-refractivity contribution in [1.82, 2.24) is 0 Å². The van der Waals surface area contributed by atoms with Crippen LogP contribution in [-0.2, 0) is 17.1 Å². The summed E-state index contributed by atoms with van der Waals surface area (Å²) in [7, 11) is 0.307. The van der Waals surface area contributed by atoms with Crippen molar-refractivity contribution in [3.05, 3.63) is 14.9 Å². The molecule has 0 heterocycles. The molecule has 0 N–H and O–H groups in total. The van der Waals surface area contributed by atoms with Crippen LogP contribution in [0.1, 0.15) is 164 Å². The molecule has 0 aromatic rings. The first kappa shape index (κ1) is 38.4. The molecule has 4 fully saturated rings. The Labute approximate surface area is 249 Å². The second kappa shape index (κ2) is 18.0. The van der Waals surface area contributed by atoms with Crippen LogP contribution in [0.4, 0.5) is 0 Å². The normalized spacial score (nSPS) is 26.5. The van der Waals surface area contributed by atoms with Crippen molar-refractivity contribution >= 4 is 15.8 Å². The molecule has 4 aliphatic rings. The van der Waals surface area contributed by atoms with Gasteiger partial charge in [-0.15, -0.1) is 0 Å². The first-order chi connectivity index (χ1) is 16.1. The fraction of sp³-hybridized carbons (Fsp3) is 0.941. The summed E-state index contributed by atoms with van der Waals surface area (Å²) >= 11 is 0. The van der Waals surface area contributed by atoms with Crippen LogP contribution < -0.4 is 0 Å². The van der Waals surface area contributed by atoms with Gasteiger partial charge in [0.1, 0.15) is 0 Å². The summed E-state index contributed by atoms with van der Waals surface area (Å²) in [6, 6.07) is 0. The molecule has 0 amide bonds. The van der Waals surface area contributed by atoms with E-state index in [0.29, 0.717) is 10.3 Å². The van der Waals surface area contributed by atoms with Gasteiger partial charge in [-0.2, -0.15) is 0 Å². The van der Waals surface area contributed by atoms with Crippen LogP contribution in [0.15, 0.2) is 0 Å². The van der Waals surface area contributed by atoms with Crippen molar-refractivity contribution in [3.8, 4) is 0 Å². The Bertz CT molecular complexity index is 522. The SMILES string of the molecule is C1CCCC1.CC(C1CCC(P(C2CCCCC2)C2CCCCC2)C1)P(C(C)(C)C)C(C)(C)C.[CH3-].[CH3-].[Fe+2]. The van der Waals surface area contributed by atoms with Gasteiger partial charge >= 0.3 is 17.1 Å². The summed E-state index contributed by atoms with van der Waals surface area (Å²) < 4.78 is 0. The molecule has 3 atom stereocenters. The summed E-state index contributed by atoms with van der Waals surface area (Å²) in [4.78, 5) is 0. The van der Waals surface area contributed by atoms with Crippen LogP contribution in [0.25, 0.3) is 0 Å². The molecule has 0 radical (unpaired) electrons. The van der Waals surface area contributed by atoms with Gasteiger partial charge in [0, 0.05) is 0 Å². The number of hydrogen-bond acceptors (Lipinski definition) is 0. The molecule has 0 bridgehead atoms. The molecule has 0 nitrogen and oxygen atoms in total. The first-order valence-corrected chi connectivity index (χ1v) is 18.6. The second-order valence-electron chi connectivity index (χ2n) is 14.5. The Morgan fingerprint density at radius 1 is 0.514 bits per heavy atom. The van der Waals surface area contributed by atoms with Gasteiger partial charge < -0.3 is 14.9 Å². The number of hydrogen-bond donors (Lipinski definition) is 0. The fourth-order valence-electron chi connectivity index (χ4n) is 8.68. The summed E-state index contributed by atoms with van der Waals surface area (Å²) in [5.74, 6) is 1.02. The van der Waals surface area contributed by atoms with E-state index in [-0.39, 0.29) is 47.8 Å². The third-order valence-corrected chi connectivity index (χ3v) is 17.8. The zero-order valence-corrected chi connectivity index (χ0v) is 29.8. The molecule has 3 unspecified atom stereocenters. The summed E-state index contributed by atoms with van der Waals surface area (Å²) in [5.41, 5.74) is 4.35. The average Bonchev–Trinajstić information content (AvgIpc) is 3.49. The summed E-state index contributed by atoms with van der Waals surface area (Å²) in [5, 5.41) is 0.950. The largest absolute Gasteiger partial charge is 2.00 e. The van der Waals surface area contributed by atoms with Gasteiger partial charge in [0.25, 0.3) is 0 Å². The monoisotopic (exact) mass is 594 g/mol. The quantitative estimate of drug-likeness (QED) is 0.169. The van der Waals surface area contributed by atoms with Crippen molar-refractivity contribution in [2.24, 2.45) is 5.92 Å². The molecular formula is C34H68FeP2. The molecule has 0 aromatic carbocycles. The smallest absolute Gasteiger partial charge is 0.358 e. The Balaban J connectivity index is 0.00000145. The molecule has 0 saturated heterocycles.